The summed E-state index contributed by atoms with van der Waals surface area (Å²) in [6.45, 7) is 2.12. The highest BCUT2D eigenvalue weighted by atomic mass is 32.2. The number of nitrogens with two attached hydrogens (primary N) is 1. The Morgan fingerprint density at radius 3 is 2.89 bits per heavy atom. The molecule has 2 unspecified atom stereocenters. The van der Waals surface area contributed by atoms with Crippen LogP contribution in [-0.2, 0) is 10.0 Å². The molecule has 7 heteroatoms. The molecule has 0 saturated heterocycles. The van der Waals surface area contributed by atoms with Gasteiger partial charge in [0.1, 0.15) is 4.21 Å². The van der Waals surface area contributed by atoms with Gasteiger partial charge in [-0.15, -0.1) is 11.3 Å². The minimum atomic E-state index is -3.71. The summed E-state index contributed by atoms with van der Waals surface area (Å²) in [6, 6.07) is 1.57. The Kier molecular flexibility index (Phi) is 3.74. The third-order valence-corrected chi connectivity index (χ3v) is 5.40. The second-order valence-corrected chi connectivity index (χ2v) is 7.26. The van der Waals surface area contributed by atoms with Crippen LogP contribution in [0.1, 0.15) is 36.5 Å². The molecule has 1 aromatic heterocycles. The molecule has 0 spiro atoms. The third-order valence-electron chi connectivity index (χ3n) is 3.02. The van der Waals surface area contributed by atoms with E-state index in [2.05, 4.69) is 12.2 Å². The van der Waals surface area contributed by atoms with Crippen LogP contribution in [0.4, 0.5) is 0 Å². The van der Waals surface area contributed by atoms with Crippen molar-refractivity contribution in [3.8, 4) is 0 Å². The maximum absolute atomic E-state index is 11.8. The van der Waals surface area contributed by atoms with Crippen LogP contribution < -0.4 is 10.5 Å². The van der Waals surface area contributed by atoms with Crippen LogP contribution in [0.3, 0.4) is 0 Å². The number of primary sulfonamides is 1. The van der Waals surface area contributed by atoms with Crippen LogP contribution in [0.5, 0.6) is 0 Å². The predicted octanol–water partition coefficient (Wildman–Crippen LogP) is 1.31. The molecule has 18 heavy (non-hydrogen) atoms. The number of hydrogen-bond donors (Lipinski definition) is 2. The second kappa shape index (κ2) is 4.99. The van der Waals surface area contributed by atoms with Gasteiger partial charge in [-0.2, -0.15) is 0 Å². The van der Waals surface area contributed by atoms with E-state index in [0.29, 0.717) is 11.5 Å². The van der Waals surface area contributed by atoms with Crippen LogP contribution in [0.15, 0.2) is 15.7 Å². The zero-order valence-electron chi connectivity index (χ0n) is 10.0. The number of amides is 1. The van der Waals surface area contributed by atoms with Crippen LogP contribution in [0.2, 0.25) is 0 Å². The highest BCUT2D eigenvalue weighted by Gasteiger charge is 2.37. The number of carbonyl (C=O) groups is 1. The largest absolute Gasteiger partial charge is 0.349 e. The van der Waals surface area contributed by atoms with Gasteiger partial charge in [-0.05, 0) is 24.8 Å². The summed E-state index contributed by atoms with van der Waals surface area (Å²) in [4.78, 5) is 11.8. The van der Waals surface area contributed by atoms with Crippen molar-refractivity contribution in [3.63, 3.8) is 0 Å². The Morgan fingerprint density at radius 1 is 1.61 bits per heavy atom. The van der Waals surface area contributed by atoms with Gasteiger partial charge in [-0.3, -0.25) is 4.79 Å². The van der Waals surface area contributed by atoms with Gasteiger partial charge in [-0.25, -0.2) is 13.6 Å². The van der Waals surface area contributed by atoms with Gasteiger partial charge in [0.25, 0.3) is 5.91 Å². The van der Waals surface area contributed by atoms with Crippen molar-refractivity contribution in [2.45, 2.75) is 36.4 Å². The number of rotatable bonds is 5. The molecule has 1 aliphatic carbocycles. The normalized spacial score (nSPS) is 22.8. The van der Waals surface area contributed by atoms with E-state index < -0.39 is 10.0 Å². The fourth-order valence-corrected chi connectivity index (χ4v) is 3.54. The first-order valence-electron chi connectivity index (χ1n) is 5.84. The van der Waals surface area contributed by atoms with Crippen molar-refractivity contribution < 1.29 is 13.2 Å². The summed E-state index contributed by atoms with van der Waals surface area (Å²) in [5, 5.41) is 9.42. The van der Waals surface area contributed by atoms with E-state index >= 15 is 0 Å². The fraction of sp³-hybridized carbons (Fsp3) is 0.545. The van der Waals surface area contributed by atoms with Crippen molar-refractivity contribution in [3.05, 3.63) is 17.0 Å². The lowest BCUT2D eigenvalue weighted by molar-refractivity contribution is 0.0949. The molecular weight excluding hydrogens is 272 g/mol. The van der Waals surface area contributed by atoms with Crippen molar-refractivity contribution in [1.29, 1.82) is 0 Å². The van der Waals surface area contributed by atoms with Crippen LogP contribution in [0.25, 0.3) is 0 Å². The average molecular weight is 288 g/mol. The lowest BCUT2D eigenvalue weighted by atomic mass is 10.2. The van der Waals surface area contributed by atoms with E-state index in [1.54, 1.807) is 0 Å². The van der Waals surface area contributed by atoms with E-state index in [4.69, 9.17) is 5.14 Å². The predicted molar refractivity (Wildman–Crippen MR) is 70.0 cm³/mol. The molecule has 0 aromatic carbocycles. The number of sulfonamides is 1. The quantitative estimate of drug-likeness (QED) is 0.856. The molecule has 1 saturated carbocycles. The minimum absolute atomic E-state index is 0.0218. The molecule has 0 radical (unpaired) electrons. The van der Waals surface area contributed by atoms with Gasteiger partial charge in [0.15, 0.2) is 0 Å². The molecule has 100 valence electrons. The zero-order chi connectivity index (χ0) is 13.3. The van der Waals surface area contributed by atoms with E-state index in [9.17, 15) is 13.2 Å². The topological polar surface area (TPSA) is 89.3 Å². The van der Waals surface area contributed by atoms with Gasteiger partial charge >= 0.3 is 0 Å². The number of nitrogens with one attached hydrogen (secondary N) is 1. The van der Waals surface area contributed by atoms with Gasteiger partial charge in [0, 0.05) is 11.4 Å². The molecule has 1 aliphatic rings. The second-order valence-electron chi connectivity index (χ2n) is 4.56. The maximum Gasteiger partial charge on any atom is 0.252 e. The molecule has 1 heterocycles. The molecule has 2 rings (SSSR count). The SMILES string of the molecule is CCCC1CC1NC(=O)c1csc(S(N)(=O)=O)c1. The summed E-state index contributed by atoms with van der Waals surface area (Å²) < 4.78 is 22.2. The molecule has 3 N–H and O–H groups in total. The van der Waals surface area contributed by atoms with Crippen molar-refractivity contribution in [1.82, 2.24) is 5.32 Å². The molecule has 1 amide bonds. The third kappa shape index (κ3) is 3.09. The highest BCUT2D eigenvalue weighted by Crippen LogP contribution is 2.34. The van der Waals surface area contributed by atoms with Gasteiger partial charge in [0.2, 0.25) is 10.0 Å². The van der Waals surface area contributed by atoms with E-state index in [-0.39, 0.29) is 16.2 Å². The standard InChI is InChI=1S/C11H16N2O3S2/c1-2-3-7-4-9(7)13-11(14)8-5-10(17-6-8)18(12,15)16/h5-7,9H,2-4H2,1H3,(H,13,14)(H2,12,15,16). The molecule has 1 aromatic rings. The van der Waals surface area contributed by atoms with Gasteiger partial charge in [0.05, 0.1) is 5.56 Å². The number of thiophene rings is 1. The van der Waals surface area contributed by atoms with Crippen LogP contribution in [0, 0.1) is 5.92 Å². The molecule has 1 fully saturated rings. The lowest BCUT2D eigenvalue weighted by Gasteiger charge is -2.01. The van der Waals surface area contributed by atoms with Crippen molar-refractivity contribution in [2.24, 2.45) is 11.1 Å². The monoisotopic (exact) mass is 288 g/mol. The highest BCUT2D eigenvalue weighted by molar-refractivity contribution is 7.91. The maximum atomic E-state index is 11.8. The van der Waals surface area contributed by atoms with E-state index in [0.717, 1.165) is 30.6 Å². The summed E-state index contributed by atoms with van der Waals surface area (Å²) in [6.07, 6.45) is 3.26. The van der Waals surface area contributed by atoms with Gasteiger partial charge in [-0.1, -0.05) is 13.3 Å². The van der Waals surface area contributed by atoms with Crippen LogP contribution >= 0.6 is 11.3 Å². The van der Waals surface area contributed by atoms with Crippen molar-refractivity contribution in [2.75, 3.05) is 0 Å². The average Bonchev–Trinajstić information content (AvgIpc) is 2.82. The Bertz CT molecular complexity index is 550. The minimum Gasteiger partial charge on any atom is -0.349 e. The van der Waals surface area contributed by atoms with E-state index in [1.807, 2.05) is 0 Å². The smallest absolute Gasteiger partial charge is 0.252 e. The van der Waals surface area contributed by atoms with Crippen LogP contribution in [-0.4, -0.2) is 20.4 Å². The van der Waals surface area contributed by atoms with E-state index in [1.165, 1.54) is 11.4 Å². The lowest BCUT2D eigenvalue weighted by Crippen LogP contribution is -2.26. The van der Waals surface area contributed by atoms with Gasteiger partial charge < -0.3 is 5.32 Å². The molecule has 0 bridgehead atoms. The number of carbonyl (C=O) groups excluding carboxylic acids is 1. The summed E-state index contributed by atoms with van der Waals surface area (Å²) in [7, 11) is -3.71. The summed E-state index contributed by atoms with van der Waals surface area (Å²) >= 11 is 0.970. The zero-order valence-corrected chi connectivity index (χ0v) is 11.7. The Morgan fingerprint density at radius 2 is 2.33 bits per heavy atom. The number of hydrogen-bond acceptors (Lipinski definition) is 4. The first-order valence-corrected chi connectivity index (χ1v) is 8.26. The molecule has 2 atom stereocenters. The fourth-order valence-electron chi connectivity index (χ4n) is 1.95. The molecular formula is C11H16N2O3S2. The summed E-state index contributed by atoms with van der Waals surface area (Å²) in [5.74, 6) is 0.361. The summed E-state index contributed by atoms with van der Waals surface area (Å²) in [5.41, 5.74) is 0.367. The first kappa shape index (κ1) is 13.5. The molecule has 5 nitrogen and oxygen atoms in total. The first-order chi connectivity index (χ1) is 8.41. The molecule has 0 aliphatic heterocycles. The van der Waals surface area contributed by atoms with Crippen molar-refractivity contribution >= 4 is 27.3 Å². The Hall–Kier alpha value is -0.920. The Labute approximate surface area is 110 Å². The Balaban J connectivity index is 1.96.